The molecule has 8 nitrogen and oxygen atoms in total. The SMILES string of the molecule is Cc1cccc(C)c1C(C(=O)NC(C)C)N(C(=O)C(CO)NC(=O)OC(C)(C)C)C(C)(C)C. The number of amides is 3. The van der Waals surface area contributed by atoms with Crippen molar-refractivity contribution >= 4 is 17.9 Å². The topological polar surface area (TPSA) is 108 Å². The summed E-state index contributed by atoms with van der Waals surface area (Å²) in [6.45, 7) is 17.4. The van der Waals surface area contributed by atoms with Crippen LogP contribution in [0.1, 0.15) is 78.1 Å². The molecule has 0 aliphatic heterocycles. The number of alkyl carbamates (subject to hydrolysis) is 1. The summed E-state index contributed by atoms with van der Waals surface area (Å²) >= 11 is 0. The van der Waals surface area contributed by atoms with Crippen LogP contribution in [0.15, 0.2) is 18.2 Å². The minimum Gasteiger partial charge on any atom is -0.444 e. The second-order valence-corrected chi connectivity index (χ2v) is 10.6. The van der Waals surface area contributed by atoms with E-state index in [1.807, 2.05) is 66.7 Å². The summed E-state index contributed by atoms with van der Waals surface area (Å²) in [5.74, 6) is -0.915. The smallest absolute Gasteiger partial charge is 0.408 e. The van der Waals surface area contributed by atoms with E-state index in [0.29, 0.717) is 5.56 Å². The second kappa shape index (κ2) is 11.0. The van der Waals surface area contributed by atoms with Crippen LogP contribution in [0, 0.1) is 13.8 Å². The van der Waals surface area contributed by atoms with Crippen molar-refractivity contribution in [2.24, 2.45) is 0 Å². The van der Waals surface area contributed by atoms with Gasteiger partial charge in [0.25, 0.3) is 0 Å². The molecule has 3 amide bonds. The Morgan fingerprint density at radius 1 is 1.00 bits per heavy atom. The molecule has 1 aromatic carbocycles. The lowest BCUT2D eigenvalue weighted by Crippen LogP contribution is -2.60. The van der Waals surface area contributed by atoms with Crippen molar-refractivity contribution in [1.29, 1.82) is 0 Å². The van der Waals surface area contributed by atoms with Crippen molar-refractivity contribution in [3.05, 3.63) is 34.9 Å². The van der Waals surface area contributed by atoms with Crippen LogP contribution in [0.2, 0.25) is 0 Å². The largest absolute Gasteiger partial charge is 0.444 e. The van der Waals surface area contributed by atoms with Gasteiger partial charge in [0.2, 0.25) is 11.8 Å². The fourth-order valence-corrected chi connectivity index (χ4v) is 3.65. The van der Waals surface area contributed by atoms with Gasteiger partial charge in [0.1, 0.15) is 17.7 Å². The fraction of sp³-hybridized carbons (Fsp3) is 0.640. The third kappa shape index (κ3) is 8.03. The summed E-state index contributed by atoms with van der Waals surface area (Å²) in [4.78, 5) is 41.0. The van der Waals surface area contributed by atoms with E-state index in [-0.39, 0.29) is 11.9 Å². The molecule has 3 N–H and O–H groups in total. The molecule has 33 heavy (non-hydrogen) atoms. The lowest BCUT2D eigenvalue weighted by atomic mass is 9.90. The first kappa shape index (κ1) is 28.4. The van der Waals surface area contributed by atoms with Gasteiger partial charge in [0.05, 0.1) is 6.61 Å². The molecule has 0 bridgehead atoms. The van der Waals surface area contributed by atoms with Crippen molar-refractivity contribution in [1.82, 2.24) is 15.5 Å². The molecule has 0 aliphatic rings. The van der Waals surface area contributed by atoms with Gasteiger partial charge in [-0.3, -0.25) is 9.59 Å². The average molecular weight is 464 g/mol. The molecule has 1 rings (SSSR count). The number of aliphatic hydroxyl groups excluding tert-OH is 1. The Morgan fingerprint density at radius 2 is 1.52 bits per heavy atom. The molecule has 0 radical (unpaired) electrons. The van der Waals surface area contributed by atoms with Crippen LogP contribution in [0.25, 0.3) is 0 Å². The third-order valence-corrected chi connectivity index (χ3v) is 4.88. The third-order valence-electron chi connectivity index (χ3n) is 4.88. The Kier molecular flexibility index (Phi) is 9.48. The van der Waals surface area contributed by atoms with Crippen LogP contribution in [0.5, 0.6) is 0 Å². The maximum Gasteiger partial charge on any atom is 0.408 e. The standard InChI is InChI=1S/C25H41N3O5/c1-15(2)26-21(30)20(19-16(3)12-11-13-17(19)4)28(24(5,6)7)22(31)18(14-29)27-23(32)33-25(8,9)10/h11-13,15,18,20,29H,14H2,1-10H3,(H,26,30)(H,27,32). The molecule has 8 heteroatoms. The number of nitrogens with zero attached hydrogens (tertiary/aromatic N) is 1. The van der Waals surface area contributed by atoms with Crippen molar-refractivity contribution in [2.45, 2.75) is 98.5 Å². The number of aryl methyl sites for hydroxylation is 2. The zero-order valence-electron chi connectivity index (χ0n) is 21.7. The minimum atomic E-state index is -1.28. The maximum atomic E-state index is 13.8. The van der Waals surface area contributed by atoms with Gasteiger partial charge in [-0.1, -0.05) is 18.2 Å². The molecule has 186 valence electrons. The van der Waals surface area contributed by atoms with Crippen LogP contribution in [-0.4, -0.2) is 57.7 Å². The molecule has 1 aromatic rings. The van der Waals surface area contributed by atoms with Gasteiger partial charge in [-0.25, -0.2) is 4.79 Å². The van der Waals surface area contributed by atoms with Crippen LogP contribution >= 0.6 is 0 Å². The van der Waals surface area contributed by atoms with Gasteiger partial charge < -0.3 is 25.4 Å². The second-order valence-electron chi connectivity index (χ2n) is 10.6. The number of rotatable bonds is 7. The number of aliphatic hydroxyl groups is 1. The lowest BCUT2D eigenvalue weighted by molar-refractivity contribution is -0.149. The monoisotopic (exact) mass is 463 g/mol. The summed E-state index contributed by atoms with van der Waals surface area (Å²) in [5, 5.41) is 15.4. The molecule has 0 spiro atoms. The highest BCUT2D eigenvalue weighted by Crippen LogP contribution is 2.33. The van der Waals surface area contributed by atoms with Crippen molar-refractivity contribution in [3.8, 4) is 0 Å². The van der Waals surface area contributed by atoms with Crippen LogP contribution in [0.3, 0.4) is 0 Å². The molecule has 0 aliphatic carbocycles. The molecule has 0 aromatic heterocycles. The highest BCUT2D eigenvalue weighted by atomic mass is 16.6. The Bertz CT molecular complexity index is 832. The Hall–Kier alpha value is -2.61. The fourth-order valence-electron chi connectivity index (χ4n) is 3.65. The Labute approximate surface area is 198 Å². The maximum absolute atomic E-state index is 13.8. The van der Waals surface area contributed by atoms with E-state index in [9.17, 15) is 19.5 Å². The lowest BCUT2D eigenvalue weighted by Gasteiger charge is -2.43. The van der Waals surface area contributed by atoms with Gasteiger partial charge in [0, 0.05) is 11.6 Å². The van der Waals surface area contributed by atoms with Gasteiger partial charge in [0.15, 0.2) is 0 Å². The van der Waals surface area contributed by atoms with E-state index in [4.69, 9.17) is 4.74 Å². The molecule has 0 saturated carbocycles. The molecular formula is C25H41N3O5. The number of carbonyl (C=O) groups is 3. The van der Waals surface area contributed by atoms with E-state index in [2.05, 4.69) is 10.6 Å². The number of hydrogen-bond donors (Lipinski definition) is 3. The zero-order chi connectivity index (χ0) is 25.7. The van der Waals surface area contributed by atoms with Crippen LogP contribution in [0.4, 0.5) is 4.79 Å². The Balaban J connectivity index is 3.57. The minimum absolute atomic E-state index is 0.144. The molecule has 0 heterocycles. The van der Waals surface area contributed by atoms with Gasteiger partial charge in [-0.15, -0.1) is 0 Å². The van der Waals surface area contributed by atoms with E-state index in [0.717, 1.165) is 11.1 Å². The highest BCUT2D eigenvalue weighted by Gasteiger charge is 2.42. The summed E-state index contributed by atoms with van der Waals surface area (Å²) in [6.07, 6.45) is -0.820. The van der Waals surface area contributed by atoms with Gasteiger partial charge >= 0.3 is 6.09 Å². The van der Waals surface area contributed by atoms with E-state index >= 15 is 0 Å². The number of carbonyl (C=O) groups excluding carboxylic acids is 3. The Morgan fingerprint density at radius 3 is 1.91 bits per heavy atom. The van der Waals surface area contributed by atoms with E-state index in [1.54, 1.807) is 20.8 Å². The van der Waals surface area contributed by atoms with Crippen LogP contribution in [-0.2, 0) is 14.3 Å². The van der Waals surface area contributed by atoms with E-state index < -0.39 is 41.8 Å². The number of ether oxygens (including phenoxy) is 1. The summed E-state index contributed by atoms with van der Waals surface area (Å²) in [6, 6.07) is 3.30. The van der Waals surface area contributed by atoms with Gasteiger partial charge in [-0.05, 0) is 85.9 Å². The molecular weight excluding hydrogens is 422 g/mol. The first-order chi connectivity index (χ1) is 15.0. The van der Waals surface area contributed by atoms with Crippen molar-refractivity contribution < 1.29 is 24.2 Å². The van der Waals surface area contributed by atoms with Crippen LogP contribution < -0.4 is 10.6 Å². The quantitative estimate of drug-likeness (QED) is 0.575. The molecule has 0 saturated heterocycles. The summed E-state index contributed by atoms with van der Waals surface area (Å²) < 4.78 is 5.26. The van der Waals surface area contributed by atoms with E-state index in [1.165, 1.54) is 4.90 Å². The highest BCUT2D eigenvalue weighted by molar-refractivity contribution is 5.93. The van der Waals surface area contributed by atoms with Gasteiger partial charge in [-0.2, -0.15) is 0 Å². The summed E-state index contributed by atoms with van der Waals surface area (Å²) in [7, 11) is 0. The zero-order valence-corrected chi connectivity index (χ0v) is 21.7. The van der Waals surface area contributed by atoms with Crippen molar-refractivity contribution in [3.63, 3.8) is 0 Å². The molecule has 0 fully saturated rings. The number of benzene rings is 1. The first-order valence-corrected chi connectivity index (χ1v) is 11.3. The first-order valence-electron chi connectivity index (χ1n) is 11.3. The van der Waals surface area contributed by atoms with Crippen molar-refractivity contribution in [2.75, 3.05) is 6.61 Å². The average Bonchev–Trinajstić information content (AvgIpc) is 2.61. The summed E-state index contributed by atoms with van der Waals surface area (Å²) in [5.41, 5.74) is 0.860. The molecule has 2 atom stereocenters. The normalized spacial score (nSPS) is 13.8. The molecule has 2 unspecified atom stereocenters. The number of nitrogens with one attached hydrogen (secondary N) is 2. The predicted octanol–water partition coefficient (Wildman–Crippen LogP) is 3.38. The predicted molar refractivity (Wildman–Crippen MR) is 129 cm³/mol. The number of hydrogen-bond acceptors (Lipinski definition) is 5.